The molecule has 0 unspecified atom stereocenters. The molecule has 0 amide bonds. The van der Waals surface area contributed by atoms with E-state index in [1.165, 1.54) is 19.1 Å². The van der Waals surface area contributed by atoms with Crippen molar-refractivity contribution < 1.29 is 27.4 Å². The Morgan fingerprint density at radius 2 is 1.82 bits per heavy atom. The first kappa shape index (κ1) is 22.9. The zero-order valence-corrected chi connectivity index (χ0v) is 18.2. The fraction of sp³-hybridized carbons (Fsp3) is 0.286. The zero-order valence-electron chi connectivity index (χ0n) is 17.4. The van der Waals surface area contributed by atoms with Gasteiger partial charge in [0.05, 0.1) is 35.3 Å². The first-order valence-corrected chi connectivity index (χ1v) is 10.3. The van der Waals surface area contributed by atoms with Gasteiger partial charge in [0.1, 0.15) is 5.75 Å². The smallest absolute Gasteiger partial charge is 0.406 e. The Balaban J connectivity index is 1.65. The normalized spacial score (nSPS) is 14.3. The van der Waals surface area contributed by atoms with E-state index in [2.05, 4.69) is 25.2 Å². The summed E-state index contributed by atoms with van der Waals surface area (Å²) >= 11 is 6.47. The van der Waals surface area contributed by atoms with Crippen molar-refractivity contribution in [1.29, 1.82) is 0 Å². The Hall–Kier alpha value is -3.31. The van der Waals surface area contributed by atoms with Crippen LogP contribution < -0.4 is 15.0 Å². The molecule has 3 aromatic rings. The van der Waals surface area contributed by atoms with Gasteiger partial charge < -0.3 is 19.7 Å². The summed E-state index contributed by atoms with van der Waals surface area (Å²) in [6.45, 7) is 3.77. The predicted octanol–water partition coefficient (Wildman–Crippen LogP) is 4.60. The number of hydrogen-bond acceptors (Lipinski definition) is 7. The van der Waals surface area contributed by atoms with Gasteiger partial charge in [-0.25, -0.2) is 0 Å². The molecule has 0 aliphatic carbocycles. The lowest BCUT2D eigenvalue weighted by Crippen LogP contribution is -2.36. The van der Waals surface area contributed by atoms with E-state index in [0.29, 0.717) is 42.7 Å². The fourth-order valence-electron chi connectivity index (χ4n) is 3.38. The molecule has 1 N–H and O–H groups in total. The summed E-state index contributed by atoms with van der Waals surface area (Å²) in [4.78, 5) is 15.4. The SMILES string of the molecule is CC(=O)c1nn(-c2ccc(OC(F)(F)F)cc2)nc1Nc1cccc(Cl)c1N1CCOCC1. The molecule has 1 saturated heterocycles. The number of morpholine rings is 1. The molecular weight excluding hydrogens is 463 g/mol. The van der Waals surface area contributed by atoms with E-state index in [-0.39, 0.29) is 23.0 Å². The van der Waals surface area contributed by atoms with Crippen molar-refractivity contribution in [3.05, 3.63) is 53.2 Å². The monoisotopic (exact) mass is 481 g/mol. The number of carbonyl (C=O) groups excluding carboxylic acids is 1. The molecule has 33 heavy (non-hydrogen) atoms. The van der Waals surface area contributed by atoms with Crippen LogP contribution in [0, 0.1) is 0 Å². The van der Waals surface area contributed by atoms with Crippen LogP contribution in [-0.2, 0) is 4.74 Å². The average Bonchev–Trinajstić information content (AvgIpc) is 3.18. The Bertz CT molecular complexity index is 1150. The van der Waals surface area contributed by atoms with Crippen LogP contribution in [0.5, 0.6) is 5.75 Å². The number of ether oxygens (including phenoxy) is 2. The minimum Gasteiger partial charge on any atom is -0.406 e. The Labute approximate surface area is 191 Å². The molecule has 0 saturated carbocycles. The predicted molar refractivity (Wildman–Crippen MR) is 116 cm³/mol. The number of anilines is 3. The minimum atomic E-state index is -4.79. The lowest BCUT2D eigenvalue weighted by molar-refractivity contribution is -0.274. The molecule has 0 atom stereocenters. The van der Waals surface area contributed by atoms with E-state index in [1.54, 1.807) is 12.1 Å². The molecule has 1 aromatic heterocycles. The van der Waals surface area contributed by atoms with Crippen molar-refractivity contribution in [2.45, 2.75) is 13.3 Å². The number of benzene rings is 2. The molecule has 1 aliphatic rings. The number of ketones is 1. The topological polar surface area (TPSA) is 81.5 Å². The summed E-state index contributed by atoms with van der Waals surface area (Å²) in [5.41, 5.74) is 1.80. The summed E-state index contributed by atoms with van der Waals surface area (Å²) in [5, 5.41) is 12.2. The molecule has 0 radical (unpaired) electrons. The molecule has 0 spiro atoms. The van der Waals surface area contributed by atoms with Gasteiger partial charge in [-0.3, -0.25) is 4.79 Å². The van der Waals surface area contributed by atoms with E-state index in [1.807, 2.05) is 6.07 Å². The van der Waals surface area contributed by atoms with Crippen molar-refractivity contribution in [2.24, 2.45) is 0 Å². The second-order valence-electron chi connectivity index (χ2n) is 7.14. The molecule has 8 nitrogen and oxygen atoms in total. The molecule has 2 aromatic carbocycles. The molecular formula is C21H19ClF3N5O3. The Kier molecular flexibility index (Phi) is 6.43. The van der Waals surface area contributed by atoms with Crippen LogP contribution in [0.4, 0.5) is 30.4 Å². The highest BCUT2D eigenvalue weighted by Crippen LogP contribution is 2.36. The average molecular weight is 482 g/mol. The third-order valence-corrected chi connectivity index (χ3v) is 5.12. The van der Waals surface area contributed by atoms with E-state index < -0.39 is 6.36 Å². The van der Waals surface area contributed by atoms with Gasteiger partial charge in [-0.15, -0.1) is 28.2 Å². The Morgan fingerprint density at radius 3 is 2.45 bits per heavy atom. The van der Waals surface area contributed by atoms with Crippen LogP contribution in [-0.4, -0.2) is 53.4 Å². The van der Waals surface area contributed by atoms with Gasteiger partial charge in [0.15, 0.2) is 17.3 Å². The van der Waals surface area contributed by atoms with E-state index in [4.69, 9.17) is 16.3 Å². The summed E-state index contributed by atoms with van der Waals surface area (Å²) in [6.07, 6.45) is -4.79. The second-order valence-corrected chi connectivity index (χ2v) is 7.55. The maximum absolute atomic E-state index is 12.4. The lowest BCUT2D eigenvalue weighted by atomic mass is 10.2. The molecule has 174 valence electrons. The third kappa shape index (κ3) is 5.37. The van der Waals surface area contributed by atoms with Gasteiger partial charge in [-0.2, -0.15) is 0 Å². The number of carbonyl (C=O) groups is 1. The van der Waals surface area contributed by atoms with E-state index in [0.717, 1.165) is 22.6 Å². The maximum Gasteiger partial charge on any atom is 0.573 e. The van der Waals surface area contributed by atoms with Crippen molar-refractivity contribution in [2.75, 3.05) is 36.5 Å². The lowest BCUT2D eigenvalue weighted by Gasteiger charge is -2.31. The number of Topliss-reactive ketones (excluding diaryl/α,β-unsaturated/α-hetero) is 1. The van der Waals surface area contributed by atoms with Crippen LogP contribution in [0.25, 0.3) is 5.69 Å². The van der Waals surface area contributed by atoms with Gasteiger partial charge in [0.2, 0.25) is 0 Å². The standard InChI is InChI=1S/C21H19ClF3N5O3/c1-13(31)18-20(26-17-4-2-3-16(22)19(17)29-9-11-32-12-10-29)28-30(27-18)14-5-7-15(8-6-14)33-21(23,24)25/h2-8H,9-12H2,1H3,(H,26,28). The van der Waals surface area contributed by atoms with Crippen LogP contribution in [0.1, 0.15) is 17.4 Å². The number of halogens is 4. The molecule has 2 heterocycles. The summed E-state index contributed by atoms with van der Waals surface area (Å²) < 4.78 is 46.5. The van der Waals surface area contributed by atoms with Gasteiger partial charge in [-0.1, -0.05) is 17.7 Å². The van der Waals surface area contributed by atoms with Crippen LogP contribution in [0.15, 0.2) is 42.5 Å². The highest BCUT2D eigenvalue weighted by molar-refractivity contribution is 6.34. The largest absolute Gasteiger partial charge is 0.573 e. The summed E-state index contributed by atoms with van der Waals surface area (Å²) in [5.74, 6) is -0.525. The van der Waals surface area contributed by atoms with Crippen LogP contribution in [0.2, 0.25) is 5.02 Å². The highest BCUT2D eigenvalue weighted by Gasteiger charge is 2.31. The fourth-order valence-corrected chi connectivity index (χ4v) is 3.67. The highest BCUT2D eigenvalue weighted by atomic mass is 35.5. The number of hydrogen-bond donors (Lipinski definition) is 1. The van der Waals surface area contributed by atoms with Crippen molar-refractivity contribution in [3.63, 3.8) is 0 Å². The van der Waals surface area contributed by atoms with E-state index in [9.17, 15) is 18.0 Å². The number of rotatable bonds is 6. The number of alkyl halides is 3. The van der Waals surface area contributed by atoms with Gasteiger partial charge in [0, 0.05) is 20.0 Å². The first-order chi connectivity index (χ1) is 15.7. The Morgan fingerprint density at radius 1 is 1.12 bits per heavy atom. The molecule has 1 fully saturated rings. The maximum atomic E-state index is 12.4. The summed E-state index contributed by atoms with van der Waals surface area (Å²) in [7, 11) is 0. The molecule has 4 rings (SSSR count). The first-order valence-electron chi connectivity index (χ1n) is 9.94. The van der Waals surface area contributed by atoms with Crippen molar-refractivity contribution in [1.82, 2.24) is 15.0 Å². The second kappa shape index (κ2) is 9.28. The third-order valence-electron chi connectivity index (χ3n) is 4.82. The molecule has 0 bridgehead atoms. The van der Waals surface area contributed by atoms with Gasteiger partial charge >= 0.3 is 6.36 Å². The van der Waals surface area contributed by atoms with Crippen LogP contribution >= 0.6 is 11.6 Å². The molecule has 1 aliphatic heterocycles. The number of aromatic nitrogens is 3. The van der Waals surface area contributed by atoms with Gasteiger partial charge in [-0.05, 0) is 36.4 Å². The van der Waals surface area contributed by atoms with Gasteiger partial charge in [0.25, 0.3) is 0 Å². The van der Waals surface area contributed by atoms with Crippen LogP contribution in [0.3, 0.4) is 0 Å². The zero-order chi connectivity index (χ0) is 23.6. The quantitative estimate of drug-likeness (QED) is 0.515. The molecule has 12 heteroatoms. The number of nitrogens with one attached hydrogen (secondary N) is 1. The van der Waals surface area contributed by atoms with E-state index >= 15 is 0 Å². The summed E-state index contributed by atoms with van der Waals surface area (Å²) in [6, 6.07) is 10.3. The minimum absolute atomic E-state index is 0.0681. The number of para-hydroxylation sites is 1. The number of nitrogens with zero attached hydrogens (tertiary/aromatic N) is 4. The van der Waals surface area contributed by atoms with Crippen molar-refractivity contribution >= 4 is 34.6 Å². The van der Waals surface area contributed by atoms with Crippen molar-refractivity contribution in [3.8, 4) is 11.4 Å².